The third-order valence-electron chi connectivity index (χ3n) is 2.02. The number of aryl methyl sites for hydroxylation is 2. The first kappa shape index (κ1) is 9.82. The Balaban J connectivity index is 2.71. The Morgan fingerprint density at radius 2 is 2.46 bits per heavy atom. The van der Waals surface area contributed by atoms with E-state index in [1.165, 1.54) is 0 Å². The van der Waals surface area contributed by atoms with Gasteiger partial charge in [-0.05, 0) is 19.4 Å². The zero-order valence-corrected chi connectivity index (χ0v) is 8.12. The molecule has 1 aromatic rings. The molecule has 0 fully saturated rings. The SMILES string of the molecule is C#CCCC(N)c1cc(C)nn1C. The number of terminal acetylenes is 1. The first-order valence-electron chi connectivity index (χ1n) is 4.34. The second-order valence-corrected chi connectivity index (χ2v) is 3.18. The Kier molecular flexibility index (Phi) is 3.10. The van der Waals surface area contributed by atoms with Crippen molar-refractivity contribution in [1.29, 1.82) is 0 Å². The highest BCUT2D eigenvalue weighted by Crippen LogP contribution is 2.15. The molecule has 0 aliphatic carbocycles. The standard InChI is InChI=1S/C10H15N3/c1-4-5-6-9(11)10-7-8(2)12-13(10)3/h1,7,9H,5-6,11H2,2-3H3. The predicted molar refractivity (Wildman–Crippen MR) is 52.9 cm³/mol. The fraction of sp³-hybridized carbons (Fsp3) is 0.500. The fourth-order valence-corrected chi connectivity index (χ4v) is 1.36. The van der Waals surface area contributed by atoms with Crippen LogP contribution in [-0.2, 0) is 7.05 Å². The topological polar surface area (TPSA) is 43.8 Å². The molecule has 0 saturated heterocycles. The molecule has 1 unspecified atom stereocenters. The summed E-state index contributed by atoms with van der Waals surface area (Å²) in [5.74, 6) is 2.58. The third-order valence-corrected chi connectivity index (χ3v) is 2.02. The molecule has 0 saturated carbocycles. The highest BCUT2D eigenvalue weighted by atomic mass is 15.3. The minimum absolute atomic E-state index is 0.00208. The third kappa shape index (κ3) is 2.33. The van der Waals surface area contributed by atoms with E-state index in [4.69, 9.17) is 12.2 Å². The fourth-order valence-electron chi connectivity index (χ4n) is 1.36. The van der Waals surface area contributed by atoms with Crippen molar-refractivity contribution >= 4 is 0 Å². The lowest BCUT2D eigenvalue weighted by atomic mass is 10.1. The second kappa shape index (κ2) is 4.11. The van der Waals surface area contributed by atoms with E-state index in [9.17, 15) is 0 Å². The van der Waals surface area contributed by atoms with E-state index < -0.39 is 0 Å². The van der Waals surface area contributed by atoms with Gasteiger partial charge in [-0.25, -0.2) is 0 Å². The molecule has 3 nitrogen and oxygen atoms in total. The van der Waals surface area contributed by atoms with Gasteiger partial charge in [-0.2, -0.15) is 5.10 Å². The van der Waals surface area contributed by atoms with Gasteiger partial charge in [0.1, 0.15) is 0 Å². The monoisotopic (exact) mass is 177 g/mol. The minimum atomic E-state index is 0.00208. The maximum Gasteiger partial charge on any atom is 0.0597 e. The largest absolute Gasteiger partial charge is 0.323 e. The van der Waals surface area contributed by atoms with Crippen molar-refractivity contribution in [1.82, 2.24) is 9.78 Å². The zero-order chi connectivity index (χ0) is 9.84. The lowest BCUT2D eigenvalue weighted by molar-refractivity contribution is 0.589. The highest BCUT2D eigenvalue weighted by Gasteiger charge is 2.10. The van der Waals surface area contributed by atoms with Crippen LogP contribution in [0.2, 0.25) is 0 Å². The van der Waals surface area contributed by atoms with Crippen molar-refractivity contribution in [3.63, 3.8) is 0 Å². The van der Waals surface area contributed by atoms with Crippen LogP contribution >= 0.6 is 0 Å². The quantitative estimate of drug-likeness (QED) is 0.704. The number of aromatic nitrogens is 2. The lowest BCUT2D eigenvalue weighted by Crippen LogP contribution is -2.14. The van der Waals surface area contributed by atoms with E-state index in [0.717, 1.165) is 17.8 Å². The predicted octanol–water partition coefficient (Wildman–Crippen LogP) is 1.14. The van der Waals surface area contributed by atoms with Gasteiger partial charge in [0, 0.05) is 19.5 Å². The van der Waals surface area contributed by atoms with E-state index in [2.05, 4.69) is 11.0 Å². The average molecular weight is 177 g/mol. The molecular formula is C10H15N3. The van der Waals surface area contributed by atoms with Gasteiger partial charge in [-0.15, -0.1) is 12.3 Å². The van der Waals surface area contributed by atoms with Gasteiger partial charge in [0.15, 0.2) is 0 Å². The molecule has 1 atom stereocenters. The lowest BCUT2D eigenvalue weighted by Gasteiger charge is -2.09. The van der Waals surface area contributed by atoms with Crippen LogP contribution in [0.3, 0.4) is 0 Å². The van der Waals surface area contributed by atoms with Crippen molar-refractivity contribution in [2.45, 2.75) is 25.8 Å². The Hall–Kier alpha value is -1.27. The van der Waals surface area contributed by atoms with E-state index in [-0.39, 0.29) is 6.04 Å². The summed E-state index contributed by atoms with van der Waals surface area (Å²) < 4.78 is 1.82. The molecule has 0 spiro atoms. The Bertz CT molecular complexity index is 319. The van der Waals surface area contributed by atoms with Crippen molar-refractivity contribution < 1.29 is 0 Å². The first-order chi connectivity index (χ1) is 6.15. The Labute approximate surface area is 78.9 Å². The number of nitrogens with zero attached hydrogens (tertiary/aromatic N) is 2. The molecule has 0 aromatic carbocycles. The molecule has 1 heterocycles. The van der Waals surface area contributed by atoms with E-state index >= 15 is 0 Å². The normalized spacial score (nSPS) is 12.5. The molecule has 0 aliphatic rings. The second-order valence-electron chi connectivity index (χ2n) is 3.18. The van der Waals surface area contributed by atoms with Crippen molar-refractivity contribution in [3.8, 4) is 12.3 Å². The van der Waals surface area contributed by atoms with Crippen LogP contribution in [0.25, 0.3) is 0 Å². The van der Waals surface area contributed by atoms with Crippen molar-refractivity contribution in [2.75, 3.05) is 0 Å². The van der Waals surface area contributed by atoms with Crippen LogP contribution in [0, 0.1) is 19.3 Å². The summed E-state index contributed by atoms with van der Waals surface area (Å²) in [5, 5.41) is 4.23. The van der Waals surface area contributed by atoms with Gasteiger partial charge >= 0.3 is 0 Å². The van der Waals surface area contributed by atoms with E-state index in [1.54, 1.807) is 0 Å². The minimum Gasteiger partial charge on any atom is -0.323 e. The molecule has 1 aromatic heterocycles. The van der Waals surface area contributed by atoms with Crippen LogP contribution in [0.5, 0.6) is 0 Å². The smallest absolute Gasteiger partial charge is 0.0597 e. The zero-order valence-electron chi connectivity index (χ0n) is 8.12. The summed E-state index contributed by atoms with van der Waals surface area (Å²) in [7, 11) is 1.90. The van der Waals surface area contributed by atoms with Gasteiger partial charge in [-0.3, -0.25) is 4.68 Å². The number of nitrogens with two attached hydrogens (primary N) is 1. The molecule has 13 heavy (non-hydrogen) atoms. The maximum absolute atomic E-state index is 5.94. The molecular weight excluding hydrogens is 162 g/mol. The first-order valence-corrected chi connectivity index (χ1v) is 4.34. The van der Waals surface area contributed by atoms with E-state index in [1.807, 2.05) is 24.7 Å². The average Bonchev–Trinajstić information content (AvgIpc) is 2.41. The molecule has 0 aliphatic heterocycles. The van der Waals surface area contributed by atoms with Crippen LogP contribution in [0.4, 0.5) is 0 Å². The van der Waals surface area contributed by atoms with Gasteiger partial charge in [0.05, 0.1) is 11.4 Å². The van der Waals surface area contributed by atoms with Gasteiger partial charge in [-0.1, -0.05) is 0 Å². The Morgan fingerprint density at radius 1 is 1.77 bits per heavy atom. The summed E-state index contributed by atoms with van der Waals surface area (Å²) >= 11 is 0. The molecule has 1 rings (SSSR count). The summed E-state index contributed by atoms with van der Waals surface area (Å²) in [5.41, 5.74) is 7.98. The summed E-state index contributed by atoms with van der Waals surface area (Å²) in [6.07, 6.45) is 6.70. The van der Waals surface area contributed by atoms with Crippen LogP contribution in [0.1, 0.15) is 30.3 Å². The summed E-state index contributed by atoms with van der Waals surface area (Å²) in [6, 6.07) is 2.00. The molecule has 2 N–H and O–H groups in total. The number of hydrogen-bond acceptors (Lipinski definition) is 2. The van der Waals surface area contributed by atoms with Crippen molar-refractivity contribution in [3.05, 3.63) is 17.5 Å². The molecule has 0 amide bonds. The summed E-state index contributed by atoms with van der Waals surface area (Å²) in [6.45, 7) is 1.96. The van der Waals surface area contributed by atoms with Crippen LogP contribution in [0.15, 0.2) is 6.07 Å². The molecule has 3 heteroatoms. The van der Waals surface area contributed by atoms with Gasteiger partial charge < -0.3 is 5.73 Å². The van der Waals surface area contributed by atoms with Crippen molar-refractivity contribution in [2.24, 2.45) is 12.8 Å². The van der Waals surface area contributed by atoms with Gasteiger partial charge in [0.25, 0.3) is 0 Å². The van der Waals surface area contributed by atoms with Gasteiger partial charge in [0.2, 0.25) is 0 Å². The molecule has 70 valence electrons. The van der Waals surface area contributed by atoms with Crippen LogP contribution < -0.4 is 5.73 Å². The highest BCUT2D eigenvalue weighted by molar-refractivity contribution is 5.12. The molecule has 0 radical (unpaired) electrons. The number of hydrogen-bond donors (Lipinski definition) is 1. The van der Waals surface area contributed by atoms with E-state index in [0.29, 0.717) is 6.42 Å². The maximum atomic E-state index is 5.94. The van der Waals surface area contributed by atoms with Crippen LogP contribution in [-0.4, -0.2) is 9.78 Å². The summed E-state index contributed by atoms with van der Waals surface area (Å²) in [4.78, 5) is 0. The molecule has 0 bridgehead atoms. The Morgan fingerprint density at radius 3 is 2.92 bits per heavy atom. The number of rotatable bonds is 3.